The molecule has 1 atom stereocenters. The lowest BCUT2D eigenvalue weighted by Gasteiger charge is -2.17. The minimum atomic E-state index is 0.396. The first-order valence-corrected chi connectivity index (χ1v) is 6.42. The summed E-state index contributed by atoms with van der Waals surface area (Å²) in [6.07, 6.45) is 4.31. The van der Waals surface area contributed by atoms with Crippen LogP contribution in [0.4, 0.5) is 0 Å². The Balaban J connectivity index is 2.91. The van der Waals surface area contributed by atoms with Gasteiger partial charge in [-0.05, 0) is 33.2 Å². The lowest BCUT2D eigenvalue weighted by molar-refractivity contribution is 0.418. The predicted molar refractivity (Wildman–Crippen MR) is 68.7 cm³/mol. The maximum absolute atomic E-state index is 4.54. The van der Waals surface area contributed by atoms with Crippen molar-refractivity contribution in [3.8, 4) is 0 Å². The predicted octanol–water partition coefficient (Wildman–Crippen LogP) is 3.22. The first kappa shape index (κ1) is 13.2. The van der Waals surface area contributed by atoms with Gasteiger partial charge in [-0.25, -0.2) is 0 Å². The van der Waals surface area contributed by atoms with Crippen LogP contribution in [0.25, 0.3) is 0 Å². The lowest BCUT2D eigenvalue weighted by atomic mass is 10.1. The largest absolute Gasteiger partial charge is 0.310 e. The highest BCUT2D eigenvalue weighted by molar-refractivity contribution is 5.20. The smallest absolute Gasteiger partial charge is 0.0540 e. The fraction of sp³-hybridized carbons (Fsp3) is 0.769. The van der Waals surface area contributed by atoms with E-state index >= 15 is 0 Å². The zero-order chi connectivity index (χ0) is 12.1. The summed E-state index contributed by atoms with van der Waals surface area (Å²) in [5, 5.41) is 7.98. The molecule has 16 heavy (non-hydrogen) atoms. The highest BCUT2D eigenvalue weighted by Gasteiger charge is 2.16. The van der Waals surface area contributed by atoms with Crippen LogP contribution in [-0.2, 0) is 0 Å². The fourth-order valence-electron chi connectivity index (χ4n) is 2.28. The Morgan fingerprint density at radius 2 is 1.94 bits per heavy atom. The Hall–Kier alpha value is -0.830. The van der Waals surface area contributed by atoms with E-state index in [9.17, 15) is 0 Å². The van der Waals surface area contributed by atoms with Gasteiger partial charge in [-0.1, -0.05) is 20.8 Å². The van der Waals surface area contributed by atoms with Crippen LogP contribution in [0.2, 0.25) is 0 Å². The van der Waals surface area contributed by atoms with Crippen LogP contribution in [0.5, 0.6) is 0 Å². The zero-order valence-corrected chi connectivity index (χ0v) is 11.2. The quantitative estimate of drug-likeness (QED) is 0.802. The number of hydrogen-bond acceptors (Lipinski definition) is 2. The van der Waals surface area contributed by atoms with Gasteiger partial charge in [0.25, 0.3) is 0 Å². The first-order valence-electron chi connectivity index (χ1n) is 6.42. The van der Waals surface area contributed by atoms with Crippen molar-refractivity contribution in [2.75, 3.05) is 6.54 Å². The zero-order valence-electron chi connectivity index (χ0n) is 11.2. The number of hydrogen-bond donors (Lipinski definition) is 1. The Bertz CT molecular complexity index is 313. The first-order chi connectivity index (χ1) is 7.65. The van der Waals surface area contributed by atoms with Gasteiger partial charge in [0.05, 0.1) is 12.2 Å². The summed E-state index contributed by atoms with van der Waals surface area (Å²) < 4.78 is 2.18. The Morgan fingerprint density at radius 3 is 2.44 bits per heavy atom. The third-order valence-electron chi connectivity index (χ3n) is 3.35. The van der Waals surface area contributed by atoms with E-state index in [1.165, 1.54) is 11.3 Å². The Labute approximate surface area is 99.2 Å². The van der Waals surface area contributed by atoms with Crippen molar-refractivity contribution < 1.29 is 0 Å². The maximum Gasteiger partial charge on any atom is 0.0540 e. The molecule has 1 aromatic heterocycles. The normalized spacial score (nSPS) is 13.4. The molecule has 0 amide bonds. The molecule has 0 saturated heterocycles. The molecule has 0 aliphatic rings. The van der Waals surface area contributed by atoms with Gasteiger partial charge < -0.3 is 5.32 Å². The van der Waals surface area contributed by atoms with Crippen LogP contribution in [0.3, 0.4) is 0 Å². The van der Waals surface area contributed by atoms with E-state index in [4.69, 9.17) is 0 Å². The molecular formula is C13H25N3. The molecule has 3 heteroatoms. The van der Waals surface area contributed by atoms with E-state index in [1.54, 1.807) is 0 Å². The van der Waals surface area contributed by atoms with Crippen LogP contribution in [-0.4, -0.2) is 16.3 Å². The topological polar surface area (TPSA) is 29.9 Å². The van der Waals surface area contributed by atoms with Crippen molar-refractivity contribution in [2.45, 2.75) is 59.5 Å². The molecule has 0 radical (unpaired) electrons. The standard InChI is InChI=1S/C13H25N3/c1-6-12(7-2)16-11(5)13(9-15-16)10(4)14-8-3/h9-10,12,14H,6-8H2,1-5H3. The average molecular weight is 223 g/mol. The van der Waals surface area contributed by atoms with Gasteiger partial charge >= 0.3 is 0 Å². The third kappa shape index (κ3) is 2.64. The molecule has 1 unspecified atom stereocenters. The maximum atomic E-state index is 4.54. The summed E-state index contributed by atoms with van der Waals surface area (Å²) in [4.78, 5) is 0. The molecule has 0 saturated carbocycles. The molecule has 0 aliphatic carbocycles. The van der Waals surface area contributed by atoms with Gasteiger partial charge in [0.1, 0.15) is 0 Å². The third-order valence-corrected chi connectivity index (χ3v) is 3.35. The van der Waals surface area contributed by atoms with Crippen molar-refractivity contribution in [3.05, 3.63) is 17.5 Å². The van der Waals surface area contributed by atoms with Crippen molar-refractivity contribution >= 4 is 0 Å². The molecule has 1 rings (SSSR count). The SMILES string of the molecule is CCNC(C)c1cnn(C(CC)CC)c1C. The molecule has 3 nitrogen and oxygen atoms in total. The van der Waals surface area contributed by atoms with Crippen LogP contribution < -0.4 is 5.32 Å². The van der Waals surface area contributed by atoms with Gasteiger partial charge in [-0.15, -0.1) is 0 Å². The van der Waals surface area contributed by atoms with Crippen LogP contribution in [0.15, 0.2) is 6.20 Å². The van der Waals surface area contributed by atoms with E-state index in [-0.39, 0.29) is 0 Å². The average Bonchev–Trinajstić information content (AvgIpc) is 2.63. The molecular weight excluding hydrogens is 198 g/mol. The summed E-state index contributed by atoms with van der Waals surface area (Å²) in [5.41, 5.74) is 2.64. The highest BCUT2D eigenvalue weighted by Crippen LogP contribution is 2.22. The second-order valence-corrected chi connectivity index (χ2v) is 4.38. The number of aromatic nitrogens is 2. The van der Waals surface area contributed by atoms with E-state index in [0.717, 1.165) is 19.4 Å². The Kier molecular flexibility index (Phi) is 5.00. The van der Waals surface area contributed by atoms with Crippen molar-refractivity contribution in [1.82, 2.24) is 15.1 Å². The second-order valence-electron chi connectivity index (χ2n) is 4.38. The molecule has 0 fully saturated rings. The van der Waals surface area contributed by atoms with Gasteiger partial charge in [-0.3, -0.25) is 4.68 Å². The van der Waals surface area contributed by atoms with E-state index in [2.05, 4.69) is 49.7 Å². The van der Waals surface area contributed by atoms with E-state index in [1.807, 2.05) is 6.20 Å². The molecule has 1 aromatic rings. The molecule has 92 valence electrons. The highest BCUT2D eigenvalue weighted by atomic mass is 15.3. The van der Waals surface area contributed by atoms with Gasteiger partial charge in [0.2, 0.25) is 0 Å². The molecule has 0 bridgehead atoms. The second kappa shape index (κ2) is 6.04. The molecule has 0 spiro atoms. The fourth-order valence-corrected chi connectivity index (χ4v) is 2.28. The van der Waals surface area contributed by atoms with Gasteiger partial charge in [-0.2, -0.15) is 5.10 Å². The van der Waals surface area contributed by atoms with Gasteiger partial charge in [0.15, 0.2) is 0 Å². The summed E-state index contributed by atoms with van der Waals surface area (Å²) in [6.45, 7) is 12.0. The van der Waals surface area contributed by atoms with E-state index in [0.29, 0.717) is 12.1 Å². The Morgan fingerprint density at radius 1 is 1.31 bits per heavy atom. The van der Waals surface area contributed by atoms with E-state index < -0.39 is 0 Å². The molecule has 1 N–H and O–H groups in total. The van der Waals surface area contributed by atoms with Gasteiger partial charge in [0, 0.05) is 17.3 Å². The summed E-state index contributed by atoms with van der Waals surface area (Å²) in [6, 6.07) is 0.940. The lowest BCUT2D eigenvalue weighted by Crippen LogP contribution is -2.18. The number of nitrogens with zero attached hydrogens (tertiary/aromatic N) is 2. The van der Waals surface area contributed by atoms with Crippen LogP contribution in [0.1, 0.15) is 63.9 Å². The number of rotatable bonds is 6. The van der Waals surface area contributed by atoms with Crippen LogP contribution in [0, 0.1) is 6.92 Å². The van der Waals surface area contributed by atoms with Crippen molar-refractivity contribution in [3.63, 3.8) is 0 Å². The van der Waals surface area contributed by atoms with Crippen molar-refractivity contribution in [1.29, 1.82) is 0 Å². The minimum Gasteiger partial charge on any atom is -0.310 e. The summed E-state index contributed by atoms with van der Waals surface area (Å²) in [7, 11) is 0. The minimum absolute atomic E-state index is 0.396. The summed E-state index contributed by atoms with van der Waals surface area (Å²) in [5.74, 6) is 0. The molecule has 0 aliphatic heterocycles. The molecule has 0 aromatic carbocycles. The molecule has 1 heterocycles. The van der Waals surface area contributed by atoms with Crippen LogP contribution >= 0.6 is 0 Å². The monoisotopic (exact) mass is 223 g/mol. The summed E-state index contributed by atoms with van der Waals surface area (Å²) >= 11 is 0. The van der Waals surface area contributed by atoms with Crippen molar-refractivity contribution in [2.24, 2.45) is 0 Å². The number of nitrogens with one attached hydrogen (secondary N) is 1.